The molecule has 24 heavy (non-hydrogen) atoms. The van der Waals surface area contributed by atoms with Gasteiger partial charge in [0.2, 0.25) is 5.71 Å². The van der Waals surface area contributed by atoms with Crippen molar-refractivity contribution in [3.05, 3.63) is 52.7 Å². The second kappa shape index (κ2) is 6.23. The number of carbonyl (C=O) groups is 1. The third-order valence-corrected chi connectivity index (χ3v) is 3.79. The van der Waals surface area contributed by atoms with Crippen molar-refractivity contribution in [3.8, 4) is 17.2 Å². The summed E-state index contributed by atoms with van der Waals surface area (Å²) in [5.41, 5.74) is 1.63. The molecule has 124 valence electrons. The molecule has 0 aromatic heterocycles. The van der Waals surface area contributed by atoms with Crippen molar-refractivity contribution in [2.75, 3.05) is 13.7 Å². The molecule has 1 heterocycles. The molecule has 0 amide bonds. The zero-order chi connectivity index (χ0) is 17.3. The Hall–Kier alpha value is -3.02. The summed E-state index contributed by atoms with van der Waals surface area (Å²) in [6, 6.07) is 9.97. The average molecular weight is 327 g/mol. The highest BCUT2D eigenvalue weighted by Gasteiger charge is 2.27. The van der Waals surface area contributed by atoms with Crippen LogP contribution >= 0.6 is 0 Å². The fourth-order valence-electron chi connectivity index (χ4n) is 2.57. The van der Waals surface area contributed by atoms with Gasteiger partial charge in [0.25, 0.3) is 5.69 Å². The van der Waals surface area contributed by atoms with Crippen molar-refractivity contribution < 1.29 is 23.7 Å². The summed E-state index contributed by atoms with van der Waals surface area (Å²) in [4.78, 5) is 11.9. The smallest absolute Gasteiger partial charge is 0.338 e. The summed E-state index contributed by atoms with van der Waals surface area (Å²) >= 11 is 0. The van der Waals surface area contributed by atoms with Crippen LogP contribution in [-0.2, 0) is 4.74 Å². The third kappa shape index (κ3) is 2.56. The first kappa shape index (κ1) is 15.9. The molecule has 6 heteroatoms. The summed E-state index contributed by atoms with van der Waals surface area (Å²) in [5, 5.41) is 12.7. The fourth-order valence-corrected chi connectivity index (χ4v) is 2.57. The Kier molecular flexibility index (Phi) is 4.12. The van der Waals surface area contributed by atoms with Crippen molar-refractivity contribution in [1.82, 2.24) is 0 Å². The van der Waals surface area contributed by atoms with E-state index in [1.807, 2.05) is 0 Å². The van der Waals surface area contributed by atoms with Crippen LogP contribution in [0.4, 0.5) is 5.69 Å². The van der Waals surface area contributed by atoms with Gasteiger partial charge in [0, 0.05) is 13.0 Å². The summed E-state index contributed by atoms with van der Waals surface area (Å²) in [6.07, 6.45) is 0. The van der Waals surface area contributed by atoms with Crippen LogP contribution in [0.5, 0.6) is 17.2 Å². The van der Waals surface area contributed by atoms with E-state index in [0.717, 1.165) is 4.74 Å². The average Bonchev–Trinajstić information content (AvgIpc) is 2.70. The molecule has 0 spiro atoms. The van der Waals surface area contributed by atoms with E-state index in [4.69, 9.17) is 14.2 Å². The summed E-state index contributed by atoms with van der Waals surface area (Å²) in [7, 11) is 1.54. The quantitative estimate of drug-likeness (QED) is 0.489. The highest BCUT2D eigenvalue weighted by atomic mass is 16.5. The molecule has 2 aromatic rings. The van der Waals surface area contributed by atoms with E-state index in [2.05, 4.69) is 0 Å². The van der Waals surface area contributed by atoms with Crippen molar-refractivity contribution in [2.45, 2.75) is 13.8 Å². The molecule has 0 saturated carbocycles. The van der Waals surface area contributed by atoms with E-state index in [1.54, 1.807) is 51.3 Å². The first-order chi connectivity index (χ1) is 11.6. The molecule has 0 radical (unpaired) electrons. The van der Waals surface area contributed by atoms with Crippen molar-refractivity contribution in [1.29, 1.82) is 0 Å². The van der Waals surface area contributed by atoms with Crippen molar-refractivity contribution >= 4 is 17.4 Å². The van der Waals surface area contributed by atoms with Gasteiger partial charge in [-0.2, -0.15) is 4.74 Å². The minimum absolute atomic E-state index is 0.247. The lowest BCUT2D eigenvalue weighted by Crippen LogP contribution is -2.09. The zero-order valence-corrected chi connectivity index (χ0v) is 13.7. The van der Waals surface area contributed by atoms with Crippen LogP contribution in [0.3, 0.4) is 0 Å². The highest BCUT2D eigenvalue weighted by Crippen LogP contribution is 2.42. The number of methoxy groups -OCH3 is 1. The van der Waals surface area contributed by atoms with Gasteiger partial charge in [-0.3, -0.25) is 0 Å². The van der Waals surface area contributed by atoms with Crippen LogP contribution in [0, 0.1) is 5.21 Å². The highest BCUT2D eigenvalue weighted by molar-refractivity contribution is 6.00. The second-order valence-electron chi connectivity index (χ2n) is 5.22. The molecule has 1 aliphatic rings. The van der Waals surface area contributed by atoms with Gasteiger partial charge in [0.05, 0.1) is 24.8 Å². The molecule has 6 nitrogen and oxygen atoms in total. The lowest BCUT2D eigenvalue weighted by Gasteiger charge is -2.11. The van der Waals surface area contributed by atoms with Crippen LogP contribution in [0.25, 0.3) is 0 Å². The maximum absolute atomic E-state index is 12.7. The van der Waals surface area contributed by atoms with Gasteiger partial charge in [-0.1, -0.05) is 6.07 Å². The summed E-state index contributed by atoms with van der Waals surface area (Å²) in [5.74, 6) is 0.870. The van der Waals surface area contributed by atoms with Crippen molar-refractivity contribution in [2.24, 2.45) is 0 Å². The number of benzene rings is 2. The SMILES string of the molecule is CCOC(=O)c1ccc2c(c1)[N+]([O-])=C(C)c1cccc(OC)c1O2. The van der Waals surface area contributed by atoms with Gasteiger partial charge in [-0.05, 0) is 31.2 Å². The lowest BCUT2D eigenvalue weighted by molar-refractivity contribution is -0.360. The predicted molar refractivity (Wildman–Crippen MR) is 88.5 cm³/mol. The molecule has 0 N–H and O–H groups in total. The number of rotatable bonds is 3. The second-order valence-corrected chi connectivity index (χ2v) is 5.22. The Morgan fingerprint density at radius 2 is 2.08 bits per heavy atom. The molecule has 0 atom stereocenters. The molecule has 3 rings (SSSR count). The van der Waals surface area contributed by atoms with Crippen LogP contribution in [-0.4, -0.2) is 30.1 Å². The maximum atomic E-state index is 12.7. The number of hydrogen-bond acceptors (Lipinski definition) is 5. The van der Waals surface area contributed by atoms with Gasteiger partial charge in [0.1, 0.15) is 0 Å². The van der Waals surface area contributed by atoms with Gasteiger partial charge in [-0.15, -0.1) is 0 Å². The van der Waals surface area contributed by atoms with E-state index in [1.165, 1.54) is 6.07 Å². The molecule has 0 aliphatic carbocycles. The monoisotopic (exact) mass is 327 g/mol. The first-order valence-electron chi connectivity index (χ1n) is 7.54. The first-order valence-corrected chi connectivity index (χ1v) is 7.54. The van der Waals surface area contributed by atoms with Crippen molar-refractivity contribution in [3.63, 3.8) is 0 Å². The molecule has 0 saturated heterocycles. The summed E-state index contributed by atoms with van der Waals surface area (Å²) in [6.45, 7) is 3.69. The molecule has 1 aliphatic heterocycles. The molecule has 0 fully saturated rings. The molecule has 0 bridgehead atoms. The predicted octanol–water partition coefficient (Wildman–Crippen LogP) is 3.63. The van der Waals surface area contributed by atoms with Gasteiger partial charge < -0.3 is 19.4 Å². The fraction of sp³-hybridized carbons (Fsp3) is 0.222. The largest absolute Gasteiger partial charge is 0.618 e. The minimum atomic E-state index is -0.481. The standard InChI is InChI=1S/C18H17NO5/c1-4-23-18(20)12-8-9-15-14(10-12)19(21)11(2)13-6-5-7-16(22-3)17(13)24-15/h5-10H,4H2,1-3H3. The molecule has 2 aromatic carbocycles. The van der Waals surface area contributed by atoms with Gasteiger partial charge in [-0.25, -0.2) is 4.79 Å². The topological polar surface area (TPSA) is 70.8 Å². The Labute approximate surface area is 139 Å². The lowest BCUT2D eigenvalue weighted by atomic mass is 10.1. The minimum Gasteiger partial charge on any atom is -0.618 e. The molecular weight excluding hydrogens is 310 g/mol. The number of ether oxygens (including phenoxy) is 3. The maximum Gasteiger partial charge on any atom is 0.338 e. The van der Waals surface area contributed by atoms with Gasteiger partial charge >= 0.3 is 5.97 Å². The Morgan fingerprint density at radius 1 is 1.29 bits per heavy atom. The number of carbonyl (C=O) groups excluding carboxylic acids is 1. The third-order valence-electron chi connectivity index (χ3n) is 3.79. The van der Waals surface area contributed by atoms with Crippen LogP contribution in [0.2, 0.25) is 0 Å². The number of fused-ring (bicyclic) bond motifs is 2. The Bertz CT molecular complexity index is 841. The van der Waals surface area contributed by atoms with Crippen LogP contribution in [0.1, 0.15) is 29.8 Å². The number of nitrogens with zero attached hydrogens (tertiary/aromatic N) is 1. The van der Waals surface area contributed by atoms with Crippen LogP contribution in [0.15, 0.2) is 36.4 Å². The number of para-hydroxylation sites is 1. The Balaban J connectivity index is 2.17. The van der Waals surface area contributed by atoms with E-state index >= 15 is 0 Å². The van der Waals surface area contributed by atoms with E-state index in [9.17, 15) is 10.0 Å². The number of hydrogen-bond donors (Lipinski definition) is 0. The molecule has 0 unspecified atom stereocenters. The molecular formula is C18H17NO5. The van der Waals surface area contributed by atoms with Gasteiger partial charge in [0.15, 0.2) is 17.2 Å². The Morgan fingerprint density at radius 3 is 2.79 bits per heavy atom. The summed E-state index contributed by atoms with van der Waals surface area (Å²) < 4.78 is 17.0. The van der Waals surface area contributed by atoms with Crippen LogP contribution < -0.4 is 9.47 Å². The van der Waals surface area contributed by atoms with E-state index in [0.29, 0.717) is 34.1 Å². The number of esters is 1. The normalized spacial score (nSPS) is 12.6. The van der Waals surface area contributed by atoms with E-state index < -0.39 is 5.97 Å². The zero-order valence-electron chi connectivity index (χ0n) is 13.7. The van der Waals surface area contributed by atoms with E-state index in [-0.39, 0.29) is 12.3 Å².